The van der Waals surface area contributed by atoms with Gasteiger partial charge in [-0.25, -0.2) is 0 Å². The van der Waals surface area contributed by atoms with Gasteiger partial charge in [0.1, 0.15) is 6.29 Å². The fourth-order valence-corrected chi connectivity index (χ4v) is 1.19. The first kappa shape index (κ1) is 11.0. The lowest BCUT2D eigenvalue weighted by molar-refractivity contribution is -0.104. The van der Waals surface area contributed by atoms with Gasteiger partial charge in [0.05, 0.1) is 0 Å². The molecule has 3 nitrogen and oxygen atoms in total. The fourth-order valence-electron chi connectivity index (χ4n) is 1.19. The second-order valence-corrected chi connectivity index (χ2v) is 3.13. The molecule has 0 saturated carbocycles. The van der Waals surface area contributed by atoms with Crippen molar-refractivity contribution in [1.29, 1.82) is 0 Å². The molecular formula is C12H10O3. The van der Waals surface area contributed by atoms with Crippen molar-refractivity contribution in [1.82, 2.24) is 0 Å². The lowest BCUT2D eigenvalue weighted by Crippen LogP contribution is -1.91. The molecule has 1 aromatic carbocycles. The fraction of sp³-hybridized carbons (Fsp3) is 0.0833. The molecule has 0 fully saturated rings. The van der Waals surface area contributed by atoms with Crippen LogP contribution < -0.4 is 0 Å². The standard InChI is InChI=1S/C12H10O3/c1-9(6-13)4-10-2-3-11(7-14)12(5-10)8-15/h2-8H,1H3/b9-4+. The van der Waals surface area contributed by atoms with E-state index in [1.165, 1.54) is 0 Å². The molecule has 0 bridgehead atoms. The highest BCUT2D eigenvalue weighted by atomic mass is 16.1. The van der Waals surface area contributed by atoms with Crippen LogP contribution in [-0.2, 0) is 4.79 Å². The van der Waals surface area contributed by atoms with Crippen LogP contribution in [0.1, 0.15) is 33.2 Å². The van der Waals surface area contributed by atoms with Crippen LogP contribution >= 0.6 is 0 Å². The summed E-state index contributed by atoms with van der Waals surface area (Å²) >= 11 is 0. The third kappa shape index (κ3) is 2.71. The van der Waals surface area contributed by atoms with Gasteiger partial charge in [0.15, 0.2) is 12.6 Å². The van der Waals surface area contributed by atoms with E-state index in [4.69, 9.17) is 0 Å². The van der Waals surface area contributed by atoms with E-state index in [9.17, 15) is 14.4 Å². The Bertz CT molecular complexity index is 430. The highest BCUT2D eigenvalue weighted by Gasteiger charge is 2.00. The average Bonchev–Trinajstić information content (AvgIpc) is 2.28. The predicted molar refractivity (Wildman–Crippen MR) is 56.9 cm³/mol. The van der Waals surface area contributed by atoms with E-state index in [-0.39, 0.29) is 0 Å². The van der Waals surface area contributed by atoms with Gasteiger partial charge in [0, 0.05) is 11.1 Å². The number of carbonyl (C=O) groups is 3. The predicted octanol–water partition coefficient (Wildman–Crippen LogP) is 1.91. The van der Waals surface area contributed by atoms with Gasteiger partial charge in [-0.2, -0.15) is 0 Å². The molecule has 0 unspecified atom stereocenters. The Morgan fingerprint density at radius 1 is 1.07 bits per heavy atom. The summed E-state index contributed by atoms with van der Waals surface area (Å²) in [4.78, 5) is 31.6. The van der Waals surface area contributed by atoms with Gasteiger partial charge in [0.25, 0.3) is 0 Å². The smallest absolute Gasteiger partial charge is 0.150 e. The summed E-state index contributed by atoms with van der Waals surface area (Å²) in [6.07, 6.45) is 3.63. The first-order chi connectivity index (χ1) is 7.21. The number of aldehydes is 3. The van der Waals surface area contributed by atoms with Crippen molar-refractivity contribution in [3.05, 3.63) is 40.5 Å². The van der Waals surface area contributed by atoms with Gasteiger partial charge in [-0.15, -0.1) is 0 Å². The number of carbonyl (C=O) groups excluding carboxylic acids is 3. The van der Waals surface area contributed by atoms with E-state index >= 15 is 0 Å². The second kappa shape index (κ2) is 5.00. The van der Waals surface area contributed by atoms with Crippen LogP contribution in [0, 0.1) is 0 Å². The van der Waals surface area contributed by atoms with Gasteiger partial charge in [0.2, 0.25) is 0 Å². The van der Waals surface area contributed by atoms with Gasteiger partial charge >= 0.3 is 0 Å². The average molecular weight is 202 g/mol. The van der Waals surface area contributed by atoms with E-state index in [1.54, 1.807) is 31.2 Å². The van der Waals surface area contributed by atoms with E-state index < -0.39 is 0 Å². The van der Waals surface area contributed by atoms with Crippen molar-refractivity contribution < 1.29 is 14.4 Å². The summed E-state index contributed by atoms with van der Waals surface area (Å²) in [7, 11) is 0. The number of benzene rings is 1. The van der Waals surface area contributed by atoms with E-state index in [0.29, 0.717) is 29.3 Å². The third-order valence-electron chi connectivity index (χ3n) is 1.95. The number of rotatable bonds is 4. The molecule has 0 amide bonds. The first-order valence-electron chi connectivity index (χ1n) is 4.39. The Hall–Kier alpha value is -2.03. The summed E-state index contributed by atoms with van der Waals surface area (Å²) < 4.78 is 0. The molecule has 76 valence electrons. The zero-order chi connectivity index (χ0) is 11.3. The molecule has 15 heavy (non-hydrogen) atoms. The van der Waals surface area contributed by atoms with Crippen molar-refractivity contribution in [2.75, 3.05) is 0 Å². The molecule has 1 rings (SSSR count). The molecule has 3 heteroatoms. The van der Waals surface area contributed by atoms with Crippen LogP contribution in [0.25, 0.3) is 6.08 Å². The Labute approximate surface area is 87.4 Å². The van der Waals surface area contributed by atoms with Crippen LogP contribution in [0.15, 0.2) is 23.8 Å². The van der Waals surface area contributed by atoms with Gasteiger partial charge in [-0.1, -0.05) is 12.1 Å². The monoisotopic (exact) mass is 202 g/mol. The van der Waals surface area contributed by atoms with E-state index in [1.807, 2.05) is 0 Å². The highest BCUT2D eigenvalue weighted by Crippen LogP contribution is 2.11. The molecule has 0 aromatic heterocycles. The highest BCUT2D eigenvalue weighted by molar-refractivity contribution is 5.91. The Morgan fingerprint density at radius 2 is 1.73 bits per heavy atom. The maximum atomic E-state index is 10.6. The quantitative estimate of drug-likeness (QED) is 0.553. The molecule has 1 aromatic rings. The van der Waals surface area contributed by atoms with Crippen molar-refractivity contribution in [2.24, 2.45) is 0 Å². The Morgan fingerprint density at radius 3 is 2.27 bits per heavy atom. The SMILES string of the molecule is C/C(C=O)=C\c1ccc(C=O)c(C=O)c1. The molecule has 0 aliphatic rings. The Kier molecular flexibility index (Phi) is 3.68. The van der Waals surface area contributed by atoms with Crippen LogP contribution in [0.2, 0.25) is 0 Å². The molecule has 0 heterocycles. The van der Waals surface area contributed by atoms with E-state index in [0.717, 1.165) is 11.8 Å². The van der Waals surface area contributed by atoms with Crippen LogP contribution in [0.5, 0.6) is 0 Å². The summed E-state index contributed by atoms with van der Waals surface area (Å²) in [5.41, 5.74) is 1.97. The van der Waals surface area contributed by atoms with Crippen molar-refractivity contribution >= 4 is 24.9 Å². The lowest BCUT2D eigenvalue weighted by atomic mass is 10.0. The molecule has 0 aliphatic heterocycles. The van der Waals surface area contributed by atoms with E-state index in [2.05, 4.69) is 0 Å². The zero-order valence-corrected chi connectivity index (χ0v) is 8.27. The topological polar surface area (TPSA) is 51.2 Å². The molecule has 0 radical (unpaired) electrons. The molecular weight excluding hydrogens is 192 g/mol. The minimum absolute atomic E-state index is 0.331. The number of allylic oxidation sites excluding steroid dienone is 1. The second-order valence-electron chi connectivity index (χ2n) is 3.13. The van der Waals surface area contributed by atoms with Gasteiger partial charge in [-0.05, 0) is 30.2 Å². The van der Waals surface area contributed by atoms with Crippen LogP contribution in [0.4, 0.5) is 0 Å². The van der Waals surface area contributed by atoms with Crippen molar-refractivity contribution in [3.63, 3.8) is 0 Å². The van der Waals surface area contributed by atoms with Crippen LogP contribution in [0.3, 0.4) is 0 Å². The molecule has 0 atom stereocenters. The summed E-state index contributed by atoms with van der Waals surface area (Å²) in [5.74, 6) is 0. The summed E-state index contributed by atoms with van der Waals surface area (Å²) in [5, 5.41) is 0. The van der Waals surface area contributed by atoms with Gasteiger partial charge < -0.3 is 0 Å². The summed E-state index contributed by atoms with van der Waals surface area (Å²) in [6, 6.07) is 4.81. The molecule has 0 aliphatic carbocycles. The first-order valence-corrected chi connectivity index (χ1v) is 4.39. The minimum Gasteiger partial charge on any atom is -0.298 e. The molecule has 0 spiro atoms. The summed E-state index contributed by atoms with van der Waals surface area (Å²) in [6.45, 7) is 1.67. The maximum Gasteiger partial charge on any atom is 0.150 e. The lowest BCUT2D eigenvalue weighted by Gasteiger charge is -1.99. The van der Waals surface area contributed by atoms with Crippen LogP contribution in [-0.4, -0.2) is 18.9 Å². The maximum absolute atomic E-state index is 10.6. The Balaban J connectivity index is 3.19. The van der Waals surface area contributed by atoms with Crippen molar-refractivity contribution in [2.45, 2.75) is 6.92 Å². The molecule has 0 N–H and O–H groups in total. The third-order valence-corrected chi connectivity index (χ3v) is 1.95. The number of hydrogen-bond acceptors (Lipinski definition) is 3. The largest absolute Gasteiger partial charge is 0.298 e. The molecule has 0 saturated heterocycles. The normalized spacial score (nSPS) is 10.9. The minimum atomic E-state index is 0.331. The zero-order valence-electron chi connectivity index (χ0n) is 8.27. The van der Waals surface area contributed by atoms with Crippen molar-refractivity contribution in [3.8, 4) is 0 Å². The number of hydrogen-bond donors (Lipinski definition) is 0. The van der Waals surface area contributed by atoms with Gasteiger partial charge in [-0.3, -0.25) is 14.4 Å².